The van der Waals surface area contributed by atoms with Gasteiger partial charge in [-0.2, -0.15) is 4.98 Å². The second-order valence-corrected chi connectivity index (χ2v) is 5.61. The van der Waals surface area contributed by atoms with Gasteiger partial charge in [0.05, 0.1) is 12.5 Å². The normalized spacial score (nSPS) is 23.1. The number of hydrogen-bond donors (Lipinski definition) is 1. The zero-order valence-electron chi connectivity index (χ0n) is 10.7. The Labute approximate surface area is 115 Å². The Kier molecular flexibility index (Phi) is 3.58. The van der Waals surface area contributed by atoms with Crippen molar-refractivity contribution in [2.24, 2.45) is 5.73 Å². The first kappa shape index (κ1) is 12.7. The van der Waals surface area contributed by atoms with Gasteiger partial charge in [0.1, 0.15) is 11.1 Å². The first-order valence-electron chi connectivity index (χ1n) is 6.33. The van der Waals surface area contributed by atoms with Gasteiger partial charge >= 0.3 is 0 Å². The molecule has 19 heavy (non-hydrogen) atoms. The van der Waals surface area contributed by atoms with Gasteiger partial charge in [0.2, 0.25) is 0 Å². The number of ether oxygens (including phenoxy) is 1. The van der Waals surface area contributed by atoms with Crippen LogP contribution in [0.15, 0.2) is 9.90 Å². The average Bonchev–Trinajstić information content (AvgIpc) is 3.10. The van der Waals surface area contributed by atoms with Crippen LogP contribution in [0.3, 0.4) is 0 Å². The monoisotopic (exact) mass is 280 g/mol. The van der Waals surface area contributed by atoms with Crippen molar-refractivity contribution in [1.82, 2.24) is 15.1 Å². The second kappa shape index (κ2) is 5.36. The molecule has 2 N–H and O–H groups in total. The molecule has 1 saturated heterocycles. The molecule has 0 aromatic carbocycles. The Morgan fingerprint density at radius 2 is 2.32 bits per heavy atom. The maximum Gasteiger partial charge on any atom is 0.255 e. The van der Waals surface area contributed by atoms with E-state index in [1.54, 1.807) is 11.3 Å². The van der Waals surface area contributed by atoms with Gasteiger partial charge in [-0.05, 0) is 19.8 Å². The van der Waals surface area contributed by atoms with Gasteiger partial charge in [-0.1, -0.05) is 5.16 Å². The molecule has 0 bridgehead atoms. The highest BCUT2D eigenvalue weighted by Gasteiger charge is 2.29. The number of nitrogens with zero attached hydrogens (tertiary/aromatic N) is 3. The fourth-order valence-corrected chi connectivity index (χ4v) is 2.92. The Morgan fingerprint density at radius 3 is 3.00 bits per heavy atom. The smallest absolute Gasteiger partial charge is 0.255 e. The van der Waals surface area contributed by atoms with Crippen molar-refractivity contribution in [3.8, 4) is 0 Å². The van der Waals surface area contributed by atoms with Crippen molar-refractivity contribution >= 4 is 11.3 Å². The van der Waals surface area contributed by atoms with Crippen LogP contribution in [0.4, 0.5) is 0 Å². The molecular weight excluding hydrogens is 264 g/mol. The minimum atomic E-state index is -0.104. The zero-order valence-corrected chi connectivity index (χ0v) is 11.5. The summed E-state index contributed by atoms with van der Waals surface area (Å²) < 4.78 is 11.0. The number of rotatable bonds is 4. The van der Waals surface area contributed by atoms with Crippen molar-refractivity contribution < 1.29 is 9.26 Å². The van der Waals surface area contributed by atoms with Crippen LogP contribution < -0.4 is 5.73 Å². The van der Waals surface area contributed by atoms with Crippen LogP contribution in [0, 0.1) is 6.92 Å². The molecule has 102 valence electrons. The zero-order chi connectivity index (χ0) is 13.2. The molecule has 0 radical (unpaired) electrons. The molecule has 2 aromatic heterocycles. The number of hydrogen-bond acceptors (Lipinski definition) is 7. The summed E-state index contributed by atoms with van der Waals surface area (Å²) in [5.41, 5.74) is 6.61. The highest BCUT2D eigenvalue weighted by Crippen LogP contribution is 2.31. The fraction of sp³-hybridized carbons (Fsp3) is 0.583. The Hall–Kier alpha value is -1.31. The van der Waals surface area contributed by atoms with Crippen LogP contribution in [0.2, 0.25) is 0 Å². The highest BCUT2D eigenvalue weighted by atomic mass is 32.1. The van der Waals surface area contributed by atoms with E-state index in [1.807, 2.05) is 12.3 Å². The Balaban J connectivity index is 1.66. The van der Waals surface area contributed by atoms with Crippen LogP contribution >= 0.6 is 11.3 Å². The minimum absolute atomic E-state index is 0.104. The topological polar surface area (TPSA) is 87.1 Å². The van der Waals surface area contributed by atoms with Crippen molar-refractivity contribution in [2.75, 3.05) is 6.54 Å². The van der Waals surface area contributed by atoms with Crippen LogP contribution in [0.5, 0.6) is 0 Å². The van der Waals surface area contributed by atoms with E-state index in [0.29, 0.717) is 24.7 Å². The molecule has 6 nitrogen and oxygen atoms in total. The molecule has 2 aromatic rings. The van der Waals surface area contributed by atoms with Gasteiger partial charge in [0.15, 0.2) is 5.82 Å². The van der Waals surface area contributed by atoms with Crippen LogP contribution in [-0.2, 0) is 11.2 Å². The minimum Gasteiger partial charge on any atom is -0.364 e. The summed E-state index contributed by atoms with van der Waals surface area (Å²) in [7, 11) is 0. The summed E-state index contributed by atoms with van der Waals surface area (Å²) in [5, 5.41) is 7.00. The van der Waals surface area contributed by atoms with E-state index >= 15 is 0 Å². The van der Waals surface area contributed by atoms with Gasteiger partial charge in [-0.15, -0.1) is 11.3 Å². The SMILES string of the molecule is Cc1csc(Cc2noc(C3CCC(CN)O3)n2)n1. The number of aryl methyl sites for hydroxylation is 1. The van der Waals surface area contributed by atoms with Gasteiger partial charge in [0, 0.05) is 17.6 Å². The Bertz CT molecular complexity index is 553. The van der Waals surface area contributed by atoms with Crippen molar-refractivity contribution in [1.29, 1.82) is 0 Å². The standard InChI is InChI=1S/C12H16N4O2S/c1-7-6-19-11(14-7)4-10-15-12(18-16-10)9-3-2-8(5-13)17-9/h6,8-9H,2-5,13H2,1H3. The van der Waals surface area contributed by atoms with E-state index in [4.69, 9.17) is 15.0 Å². The molecule has 3 heterocycles. The summed E-state index contributed by atoms with van der Waals surface area (Å²) in [6, 6.07) is 0. The van der Waals surface area contributed by atoms with Gasteiger partial charge < -0.3 is 15.0 Å². The third kappa shape index (κ3) is 2.83. The van der Waals surface area contributed by atoms with Crippen molar-refractivity contribution in [2.45, 2.75) is 38.4 Å². The third-order valence-corrected chi connectivity index (χ3v) is 4.07. The van der Waals surface area contributed by atoms with Crippen molar-refractivity contribution in [3.05, 3.63) is 27.8 Å². The summed E-state index contributed by atoms with van der Waals surface area (Å²) in [6.45, 7) is 2.51. The summed E-state index contributed by atoms with van der Waals surface area (Å²) >= 11 is 1.61. The molecular formula is C12H16N4O2S. The molecule has 0 spiro atoms. The molecule has 2 unspecified atom stereocenters. The maximum atomic E-state index is 5.73. The molecule has 0 saturated carbocycles. The quantitative estimate of drug-likeness (QED) is 0.915. The van der Waals surface area contributed by atoms with E-state index in [2.05, 4.69) is 15.1 Å². The number of thiazole rings is 1. The van der Waals surface area contributed by atoms with Gasteiger partial charge in [-0.3, -0.25) is 0 Å². The predicted octanol–water partition coefficient (Wildman–Crippen LogP) is 1.60. The van der Waals surface area contributed by atoms with Gasteiger partial charge in [-0.25, -0.2) is 4.98 Å². The molecule has 1 aliphatic rings. The molecule has 7 heteroatoms. The highest BCUT2D eigenvalue weighted by molar-refractivity contribution is 7.09. The third-order valence-electron chi connectivity index (χ3n) is 3.11. The summed E-state index contributed by atoms with van der Waals surface area (Å²) in [6.07, 6.45) is 2.45. The lowest BCUT2D eigenvalue weighted by Crippen LogP contribution is -2.18. The van der Waals surface area contributed by atoms with Gasteiger partial charge in [0.25, 0.3) is 5.89 Å². The molecule has 3 rings (SSSR count). The molecule has 0 amide bonds. The van der Waals surface area contributed by atoms with Crippen LogP contribution in [-0.4, -0.2) is 27.8 Å². The molecule has 1 fully saturated rings. The maximum absolute atomic E-state index is 5.73. The second-order valence-electron chi connectivity index (χ2n) is 4.67. The largest absolute Gasteiger partial charge is 0.364 e. The number of aromatic nitrogens is 3. The van der Waals surface area contributed by atoms with E-state index in [0.717, 1.165) is 23.5 Å². The van der Waals surface area contributed by atoms with Crippen molar-refractivity contribution in [3.63, 3.8) is 0 Å². The lowest BCUT2D eigenvalue weighted by molar-refractivity contribution is 0.0307. The summed E-state index contributed by atoms with van der Waals surface area (Å²) in [5.74, 6) is 1.21. The van der Waals surface area contributed by atoms with E-state index in [9.17, 15) is 0 Å². The Morgan fingerprint density at radius 1 is 1.42 bits per heavy atom. The fourth-order valence-electron chi connectivity index (χ4n) is 2.15. The lowest BCUT2D eigenvalue weighted by Gasteiger charge is -2.07. The lowest BCUT2D eigenvalue weighted by atomic mass is 10.2. The first-order valence-corrected chi connectivity index (χ1v) is 7.21. The first-order chi connectivity index (χ1) is 9.24. The molecule has 0 aliphatic carbocycles. The molecule has 2 atom stereocenters. The predicted molar refractivity (Wildman–Crippen MR) is 69.9 cm³/mol. The van der Waals surface area contributed by atoms with E-state index in [-0.39, 0.29) is 12.2 Å². The summed E-state index contributed by atoms with van der Waals surface area (Å²) in [4.78, 5) is 8.78. The van der Waals surface area contributed by atoms with Crippen LogP contribution in [0.1, 0.15) is 41.4 Å². The molecule has 1 aliphatic heterocycles. The van der Waals surface area contributed by atoms with E-state index < -0.39 is 0 Å². The van der Waals surface area contributed by atoms with Crippen LogP contribution in [0.25, 0.3) is 0 Å². The average molecular weight is 280 g/mol. The number of nitrogens with two attached hydrogens (primary N) is 1. The van der Waals surface area contributed by atoms with E-state index in [1.165, 1.54) is 0 Å².